The molecule has 1 aromatic carbocycles. The maximum atomic E-state index is 11.7. The summed E-state index contributed by atoms with van der Waals surface area (Å²) in [4.78, 5) is 25.6. The lowest BCUT2D eigenvalue weighted by molar-refractivity contribution is -0.136. The minimum absolute atomic E-state index is 0.284. The van der Waals surface area contributed by atoms with Crippen LogP contribution in [0.5, 0.6) is 0 Å². The molecule has 0 fully saturated rings. The lowest BCUT2D eigenvalue weighted by Crippen LogP contribution is -2.40. The Hall–Kier alpha value is -1.30. The van der Waals surface area contributed by atoms with Crippen LogP contribution in [-0.2, 0) is 9.59 Å². The van der Waals surface area contributed by atoms with Crippen molar-refractivity contribution in [3.8, 4) is 0 Å². The van der Waals surface area contributed by atoms with E-state index in [1.165, 1.54) is 6.07 Å². The molecule has 0 spiro atoms. The third kappa shape index (κ3) is 5.91. The molecular weight excluding hydrogens is 313 g/mol. The van der Waals surface area contributed by atoms with Crippen LogP contribution in [0.1, 0.15) is 13.8 Å². The van der Waals surface area contributed by atoms with Gasteiger partial charge in [-0.15, -0.1) is 0 Å². The van der Waals surface area contributed by atoms with E-state index >= 15 is 0 Å². The monoisotopic (exact) mass is 331 g/mol. The van der Waals surface area contributed by atoms with Crippen LogP contribution in [0.3, 0.4) is 0 Å². The minimum atomic E-state index is -0.751. The van der Waals surface area contributed by atoms with E-state index in [9.17, 15) is 9.59 Å². The predicted molar refractivity (Wildman–Crippen MR) is 85.9 cm³/mol. The van der Waals surface area contributed by atoms with Gasteiger partial charge in [0.25, 0.3) is 0 Å². The van der Waals surface area contributed by atoms with Crippen LogP contribution in [0.25, 0.3) is 0 Å². The van der Waals surface area contributed by atoms with Gasteiger partial charge in [-0.05, 0) is 31.3 Å². The molecule has 0 radical (unpaired) electrons. The Morgan fingerprint density at radius 2 is 1.81 bits per heavy atom. The molecule has 0 bridgehead atoms. The van der Waals surface area contributed by atoms with E-state index in [0.717, 1.165) is 13.1 Å². The Labute approximate surface area is 134 Å². The summed E-state index contributed by atoms with van der Waals surface area (Å²) in [5.41, 5.74) is 0.352. The molecule has 0 aliphatic heterocycles. The summed E-state index contributed by atoms with van der Waals surface area (Å²) in [6.07, 6.45) is 0. The average molecular weight is 332 g/mol. The molecule has 5 nitrogen and oxygen atoms in total. The number of amides is 2. The number of hydrogen-bond acceptors (Lipinski definition) is 3. The van der Waals surface area contributed by atoms with E-state index < -0.39 is 11.8 Å². The number of carbonyl (C=O) groups is 2. The molecule has 0 aliphatic rings. The predicted octanol–water partition coefficient (Wildman–Crippen LogP) is 2.39. The molecule has 1 rings (SSSR count). The Kier molecular flexibility index (Phi) is 7.50. The second kappa shape index (κ2) is 8.87. The van der Waals surface area contributed by atoms with Crippen molar-refractivity contribution in [2.75, 3.05) is 31.5 Å². The quantitative estimate of drug-likeness (QED) is 0.787. The standard InChI is InChI=1S/C14H19Cl2N3O2/c1-3-19(4-2)8-7-17-13(20)14(21)18-12-6-5-10(15)9-11(12)16/h5-6,9H,3-4,7-8H2,1-2H3,(H,17,20)(H,18,21). The van der Waals surface area contributed by atoms with Crippen molar-refractivity contribution in [3.63, 3.8) is 0 Å². The third-order valence-electron chi connectivity index (χ3n) is 2.99. The van der Waals surface area contributed by atoms with E-state index in [4.69, 9.17) is 23.2 Å². The summed E-state index contributed by atoms with van der Waals surface area (Å²) in [7, 11) is 0. The van der Waals surface area contributed by atoms with Gasteiger partial charge in [-0.2, -0.15) is 0 Å². The second-order valence-corrected chi connectivity index (χ2v) is 5.20. The van der Waals surface area contributed by atoms with Gasteiger partial charge < -0.3 is 15.5 Å². The molecule has 2 N–H and O–H groups in total. The van der Waals surface area contributed by atoms with Crippen LogP contribution < -0.4 is 10.6 Å². The Bertz CT molecular complexity index is 505. The first-order chi connectivity index (χ1) is 9.97. The highest BCUT2D eigenvalue weighted by Crippen LogP contribution is 2.25. The van der Waals surface area contributed by atoms with E-state index in [1.807, 2.05) is 13.8 Å². The lowest BCUT2D eigenvalue weighted by atomic mass is 10.3. The van der Waals surface area contributed by atoms with Crippen molar-refractivity contribution < 1.29 is 9.59 Å². The third-order valence-corrected chi connectivity index (χ3v) is 3.54. The molecule has 0 saturated carbocycles. The van der Waals surface area contributed by atoms with Crippen molar-refractivity contribution in [1.82, 2.24) is 10.2 Å². The minimum Gasteiger partial charge on any atom is -0.347 e. The van der Waals surface area contributed by atoms with Crippen LogP contribution in [0.2, 0.25) is 10.0 Å². The summed E-state index contributed by atoms with van der Waals surface area (Å²) in [6, 6.07) is 4.63. The first-order valence-corrected chi connectivity index (χ1v) is 7.50. The van der Waals surface area contributed by atoms with Crippen LogP contribution in [0, 0.1) is 0 Å². The summed E-state index contributed by atoms with van der Waals surface area (Å²) < 4.78 is 0. The molecule has 0 aliphatic carbocycles. The first-order valence-electron chi connectivity index (χ1n) is 6.74. The molecule has 0 saturated heterocycles. The normalized spacial score (nSPS) is 10.5. The lowest BCUT2D eigenvalue weighted by Gasteiger charge is -2.17. The SMILES string of the molecule is CCN(CC)CCNC(=O)C(=O)Nc1ccc(Cl)cc1Cl. The number of carbonyl (C=O) groups excluding carboxylic acids is 2. The number of rotatable bonds is 6. The number of nitrogens with zero attached hydrogens (tertiary/aromatic N) is 1. The van der Waals surface area contributed by atoms with Gasteiger partial charge in [-0.1, -0.05) is 37.0 Å². The summed E-state index contributed by atoms with van der Waals surface area (Å²) in [5.74, 6) is -1.44. The summed E-state index contributed by atoms with van der Waals surface area (Å²) in [5, 5.41) is 5.76. The number of likely N-dealkylation sites (N-methyl/N-ethyl adjacent to an activating group) is 1. The van der Waals surface area contributed by atoms with Gasteiger partial charge in [-0.25, -0.2) is 0 Å². The Morgan fingerprint density at radius 3 is 2.38 bits per heavy atom. The van der Waals surface area contributed by atoms with Crippen LogP contribution >= 0.6 is 23.2 Å². The fraction of sp³-hybridized carbons (Fsp3) is 0.429. The van der Waals surface area contributed by atoms with Crippen molar-refractivity contribution in [2.24, 2.45) is 0 Å². The zero-order chi connectivity index (χ0) is 15.8. The fourth-order valence-corrected chi connectivity index (χ4v) is 2.17. The fourth-order valence-electron chi connectivity index (χ4n) is 1.72. The maximum Gasteiger partial charge on any atom is 0.313 e. The van der Waals surface area contributed by atoms with Crippen molar-refractivity contribution in [3.05, 3.63) is 28.2 Å². The smallest absolute Gasteiger partial charge is 0.313 e. The molecule has 0 heterocycles. The number of nitrogens with one attached hydrogen (secondary N) is 2. The van der Waals surface area contributed by atoms with Gasteiger partial charge >= 0.3 is 11.8 Å². The highest BCUT2D eigenvalue weighted by molar-refractivity contribution is 6.42. The number of hydrogen-bond donors (Lipinski definition) is 2. The molecule has 0 atom stereocenters. The van der Waals surface area contributed by atoms with Gasteiger partial charge in [0, 0.05) is 18.1 Å². The highest BCUT2D eigenvalue weighted by atomic mass is 35.5. The van der Waals surface area contributed by atoms with E-state index in [2.05, 4.69) is 15.5 Å². The van der Waals surface area contributed by atoms with Crippen molar-refractivity contribution >= 4 is 40.7 Å². The van der Waals surface area contributed by atoms with Gasteiger partial charge in [-0.3, -0.25) is 9.59 Å². The highest BCUT2D eigenvalue weighted by Gasteiger charge is 2.15. The van der Waals surface area contributed by atoms with Gasteiger partial charge in [0.05, 0.1) is 10.7 Å². The van der Waals surface area contributed by atoms with Crippen LogP contribution in [0.15, 0.2) is 18.2 Å². The van der Waals surface area contributed by atoms with Crippen molar-refractivity contribution in [1.29, 1.82) is 0 Å². The number of anilines is 1. The average Bonchev–Trinajstić information content (AvgIpc) is 2.46. The summed E-state index contributed by atoms with van der Waals surface area (Å²) >= 11 is 11.7. The first kappa shape index (κ1) is 17.8. The zero-order valence-electron chi connectivity index (χ0n) is 12.1. The zero-order valence-corrected chi connectivity index (χ0v) is 13.6. The molecule has 0 aromatic heterocycles. The molecule has 1 aromatic rings. The van der Waals surface area contributed by atoms with Crippen molar-refractivity contribution in [2.45, 2.75) is 13.8 Å². The van der Waals surface area contributed by atoms with E-state index in [-0.39, 0.29) is 5.02 Å². The molecule has 21 heavy (non-hydrogen) atoms. The van der Waals surface area contributed by atoms with E-state index in [0.29, 0.717) is 23.8 Å². The van der Waals surface area contributed by atoms with Crippen LogP contribution in [0.4, 0.5) is 5.69 Å². The molecule has 116 valence electrons. The largest absolute Gasteiger partial charge is 0.347 e. The molecule has 7 heteroatoms. The second-order valence-electron chi connectivity index (χ2n) is 4.36. The maximum absolute atomic E-state index is 11.7. The summed E-state index contributed by atoms with van der Waals surface area (Å²) in [6.45, 7) is 7.01. The van der Waals surface area contributed by atoms with E-state index in [1.54, 1.807) is 12.1 Å². The molecular formula is C14H19Cl2N3O2. The van der Waals surface area contributed by atoms with Crippen LogP contribution in [-0.4, -0.2) is 42.9 Å². The Morgan fingerprint density at radius 1 is 1.14 bits per heavy atom. The number of halogens is 2. The number of benzene rings is 1. The van der Waals surface area contributed by atoms with Gasteiger partial charge in [0.1, 0.15) is 0 Å². The topological polar surface area (TPSA) is 61.4 Å². The molecule has 2 amide bonds. The Balaban J connectivity index is 2.46. The van der Waals surface area contributed by atoms with Gasteiger partial charge in [0.15, 0.2) is 0 Å². The van der Waals surface area contributed by atoms with Gasteiger partial charge in [0.2, 0.25) is 0 Å². The molecule has 0 unspecified atom stereocenters.